The second-order valence-electron chi connectivity index (χ2n) is 1.69. The molecule has 74 valence electrons. The maximum Gasteiger partial charge on any atom is 0.0178 e. The molecule has 0 aromatic heterocycles. The van der Waals surface area contributed by atoms with Crippen LogP contribution in [0.5, 0.6) is 0 Å². The van der Waals surface area contributed by atoms with E-state index in [1.54, 1.807) is 0 Å². The van der Waals surface area contributed by atoms with Crippen molar-refractivity contribution < 1.29 is 18.8 Å². The van der Waals surface area contributed by atoms with Crippen molar-refractivity contribution in [1.29, 1.82) is 0 Å². The van der Waals surface area contributed by atoms with E-state index in [1.165, 1.54) is 5.56 Å². The van der Waals surface area contributed by atoms with Crippen molar-refractivity contribution in [2.45, 2.75) is 6.54 Å². The fourth-order valence-electron chi connectivity index (χ4n) is 0.614. The van der Waals surface area contributed by atoms with Crippen molar-refractivity contribution in [2.75, 3.05) is 0 Å². The van der Waals surface area contributed by atoms with Crippen LogP contribution in [0.4, 0.5) is 18.8 Å². The summed E-state index contributed by atoms with van der Waals surface area (Å²) in [6, 6.07) is 9.99. The average Bonchev–Trinajstić information content (AvgIpc) is 1.90. The molecule has 1 rings (SSSR count). The standard InChI is InChI=1S/C7H9N.4FH/c8-6-7-4-2-1-3-5-7;;;;/h1-5H,6,8H2;4*1H. The quantitative estimate of drug-likeness (QED) is 0.666. The summed E-state index contributed by atoms with van der Waals surface area (Å²) in [4.78, 5) is 0. The molecule has 0 radical (unpaired) electrons. The third-order valence-electron chi connectivity index (χ3n) is 1.08. The Balaban J connectivity index is -0.0000000800. The monoisotopic (exact) mass is 187 g/mol. The van der Waals surface area contributed by atoms with E-state index < -0.39 is 0 Å². The summed E-state index contributed by atoms with van der Waals surface area (Å²) in [7, 11) is 0. The van der Waals surface area contributed by atoms with Gasteiger partial charge in [0.05, 0.1) is 0 Å². The average molecular weight is 187 g/mol. The summed E-state index contributed by atoms with van der Waals surface area (Å²) in [5.41, 5.74) is 6.54. The summed E-state index contributed by atoms with van der Waals surface area (Å²) in [5, 5.41) is 0. The summed E-state index contributed by atoms with van der Waals surface area (Å²) in [5.74, 6) is 0. The van der Waals surface area contributed by atoms with E-state index in [-0.39, 0.29) is 18.8 Å². The van der Waals surface area contributed by atoms with Crippen LogP contribution in [0.25, 0.3) is 0 Å². The van der Waals surface area contributed by atoms with Crippen LogP contribution in [0.3, 0.4) is 0 Å². The molecule has 0 heterocycles. The van der Waals surface area contributed by atoms with E-state index in [9.17, 15) is 0 Å². The highest BCUT2D eigenvalue weighted by molar-refractivity contribution is 5.13. The van der Waals surface area contributed by atoms with Crippen LogP contribution in [-0.2, 0) is 6.54 Å². The number of hydrogen-bond donors (Lipinski definition) is 1. The van der Waals surface area contributed by atoms with E-state index in [2.05, 4.69) is 0 Å². The van der Waals surface area contributed by atoms with Gasteiger partial charge in [-0.3, -0.25) is 18.8 Å². The van der Waals surface area contributed by atoms with Gasteiger partial charge >= 0.3 is 0 Å². The van der Waals surface area contributed by atoms with Gasteiger partial charge in [0.25, 0.3) is 0 Å². The molecule has 0 spiro atoms. The second kappa shape index (κ2) is 12.6. The highest BCUT2D eigenvalue weighted by atomic mass is 19.0. The molecule has 0 unspecified atom stereocenters. The number of rotatable bonds is 1. The topological polar surface area (TPSA) is 26.0 Å². The van der Waals surface area contributed by atoms with Crippen molar-refractivity contribution in [3.8, 4) is 0 Å². The van der Waals surface area contributed by atoms with E-state index in [0.717, 1.165) is 0 Å². The van der Waals surface area contributed by atoms with Gasteiger partial charge in [-0.25, -0.2) is 0 Å². The Kier molecular flexibility index (Phi) is 23.5. The molecule has 0 aliphatic carbocycles. The van der Waals surface area contributed by atoms with Gasteiger partial charge in [0.1, 0.15) is 0 Å². The number of hydrogen-bond acceptors (Lipinski definition) is 1. The molecule has 0 fully saturated rings. The second-order valence-corrected chi connectivity index (χ2v) is 1.69. The van der Waals surface area contributed by atoms with E-state index in [1.807, 2.05) is 30.3 Å². The normalized spacial score (nSPS) is 6.08. The number of benzene rings is 1. The largest absolute Gasteiger partial charge is 0.326 e. The van der Waals surface area contributed by atoms with Gasteiger partial charge in [-0.15, -0.1) is 0 Å². The molecule has 1 aromatic carbocycles. The van der Waals surface area contributed by atoms with Crippen LogP contribution in [-0.4, -0.2) is 0 Å². The first kappa shape index (κ1) is 22.4. The predicted octanol–water partition coefficient (Wildman–Crippen LogP) is 1.76. The van der Waals surface area contributed by atoms with Gasteiger partial charge in [-0.2, -0.15) is 0 Å². The summed E-state index contributed by atoms with van der Waals surface area (Å²) < 4.78 is 0. The van der Waals surface area contributed by atoms with Gasteiger partial charge in [0, 0.05) is 6.54 Å². The first-order chi connectivity index (χ1) is 3.93. The lowest BCUT2D eigenvalue weighted by molar-refractivity contribution is 1.07. The van der Waals surface area contributed by atoms with Crippen molar-refractivity contribution in [3.05, 3.63) is 35.9 Å². The third-order valence-corrected chi connectivity index (χ3v) is 1.08. The zero-order valence-corrected chi connectivity index (χ0v) is 6.30. The molecule has 0 bridgehead atoms. The zero-order valence-electron chi connectivity index (χ0n) is 6.30. The first-order valence-corrected chi connectivity index (χ1v) is 2.67. The molecule has 0 aliphatic rings. The molecule has 5 heteroatoms. The Morgan fingerprint density at radius 3 is 1.50 bits per heavy atom. The Hall–Kier alpha value is -1.10. The molecule has 1 aromatic rings. The molecule has 0 saturated heterocycles. The molecule has 0 saturated carbocycles. The third kappa shape index (κ3) is 7.01. The lowest BCUT2D eigenvalue weighted by atomic mass is 10.2. The van der Waals surface area contributed by atoms with E-state index >= 15 is 0 Å². The van der Waals surface area contributed by atoms with Gasteiger partial charge in [-0.1, -0.05) is 30.3 Å². The van der Waals surface area contributed by atoms with Gasteiger partial charge in [0.2, 0.25) is 0 Å². The molecule has 1 nitrogen and oxygen atoms in total. The minimum absolute atomic E-state index is 0. The SMILES string of the molecule is F.F.F.F.NCc1ccccc1. The van der Waals surface area contributed by atoms with Gasteiger partial charge in [0.15, 0.2) is 0 Å². The van der Waals surface area contributed by atoms with Crippen LogP contribution in [0, 0.1) is 0 Å². The van der Waals surface area contributed by atoms with Crippen molar-refractivity contribution >= 4 is 0 Å². The maximum atomic E-state index is 5.35. The van der Waals surface area contributed by atoms with Gasteiger partial charge in [-0.05, 0) is 5.56 Å². The van der Waals surface area contributed by atoms with Gasteiger partial charge < -0.3 is 5.73 Å². The number of halogens is 4. The summed E-state index contributed by atoms with van der Waals surface area (Å²) >= 11 is 0. The lowest BCUT2D eigenvalue weighted by Gasteiger charge is -1.90. The molecule has 0 amide bonds. The van der Waals surface area contributed by atoms with Crippen molar-refractivity contribution in [3.63, 3.8) is 0 Å². The summed E-state index contributed by atoms with van der Waals surface area (Å²) in [6.07, 6.45) is 0. The van der Waals surface area contributed by atoms with Crippen LogP contribution in [0.15, 0.2) is 30.3 Å². The molecule has 2 N–H and O–H groups in total. The number of nitrogens with two attached hydrogens (primary N) is 1. The van der Waals surface area contributed by atoms with E-state index in [0.29, 0.717) is 6.54 Å². The van der Waals surface area contributed by atoms with Crippen LogP contribution in [0.2, 0.25) is 0 Å². The minimum Gasteiger partial charge on any atom is -0.326 e. The van der Waals surface area contributed by atoms with E-state index in [4.69, 9.17) is 5.73 Å². The van der Waals surface area contributed by atoms with Crippen LogP contribution in [0.1, 0.15) is 5.56 Å². The molecule has 0 aliphatic heterocycles. The Labute approximate surface area is 68.1 Å². The lowest BCUT2D eigenvalue weighted by Crippen LogP contribution is -1.94. The minimum atomic E-state index is 0. The molecular weight excluding hydrogens is 174 g/mol. The summed E-state index contributed by atoms with van der Waals surface area (Å²) in [6.45, 7) is 0.640. The zero-order chi connectivity index (χ0) is 5.82. The first-order valence-electron chi connectivity index (χ1n) is 2.67. The highest BCUT2D eigenvalue weighted by Crippen LogP contribution is 1.94. The highest BCUT2D eigenvalue weighted by Gasteiger charge is 1.80. The maximum absolute atomic E-state index is 5.35. The Bertz CT molecular complexity index is 157. The fourth-order valence-corrected chi connectivity index (χ4v) is 0.614. The van der Waals surface area contributed by atoms with Crippen molar-refractivity contribution in [1.82, 2.24) is 0 Å². The van der Waals surface area contributed by atoms with Crippen LogP contribution < -0.4 is 5.73 Å². The molecular formula is C7H13F4N. The fraction of sp³-hybridized carbons (Fsp3) is 0.143. The van der Waals surface area contributed by atoms with Crippen molar-refractivity contribution in [2.24, 2.45) is 5.73 Å². The molecule has 0 atom stereocenters. The Morgan fingerprint density at radius 2 is 1.25 bits per heavy atom. The van der Waals surface area contributed by atoms with Crippen LogP contribution >= 0.6 is 0 Å². The molecule has 12 heavy (non-hydrogen) atoms. The smallest absolute Gasteiger partial charge is 0.0178 e. The predicted molar refractivity (Wildman–Crippen MR) is 44.3 cm³/mol. The Morgan fingerprint density at radius 1 is 0.833 bits per heavy atom.